The SMILES string of the molecule is CC(C)CC(=O)N1CCN(c2cccc(-c3nc4cc(CO)cc(CO)c4c(=O)[nH]3)n2)CC1. The number of pyridine rings is 1. The van der Waals surface area contributed by atoms with Gasteiger partial charge in [-0.15, -0.1) is 0 Å². The van der Waals surface area contributed by atoms with E-state index in [0.29, 0.717) is 72.1 Å². The summed E-state index contributed by atoms with van der Waals surface area (Å²) in [7, 11) is 0. The molecule has 1 aromatic carbocycles. The van der Waals surface area contributed by atoms with Gasteiger partial charge in [-0.2, -0.15) is 0 Å². The van der Waals surface area contributed by atoms with Crippen molar-refractivity contribution in [2.24, 2.45) is 5.92 Å². The lowest BCUT2D eigenvalue weighted by atomic mass is 10.1. The number of fused-ring (bicyclic) bond motifs is 1. The molecule has 0 bridgehead atoms. The predicted molar refractivity (Wildman–Crippen MR) is 126 cm³/mol. The van der Waals surface area contributed by atoms with E-state index in [1.54, 1.807) is 18.2 Å². The predicted octanol–water partition coefficient (Wildman–Crippen LogP) is 1.66. The van der Waals surface area contributed by atoms with Crippen molar-refractivity contribution in [3.05, 3.63) is 51.8 Å². The van der Waals surface area contributed by atoms with Crippen LogP contribution in [0.5, 0.6) is 0 Å². The second kappa shape index (κ2) is 9.68. The normalized spacial score (nSPS) is 14.3. The van der Waals surface area contributed by atoms with Crippen molar-refractivity contribution in [2.75, 3.05) is 31.1 Å². The fraction of sp³-hybridized carbons (Fsp3) is 0.417. The van der Waals surface area contributed by atoms with E-state index in [1.807, 2.05) is 30.9 Å². The number of aromatic nitrogens is 3. The van der Waals surface area contributed by atoms with Crippen LogP contribution >= 0.6 is 0 Å². The van der Waals surface area contributed by atoms with E-state index in [1.165, 1.54) is 0 Å². The molecule has 174 valence electrons. The van der Waals surface area contributed by atoms with Crippen LogP contribution in [-0.2, 0) is 18.0 Å². The minimum Gasteiger partial charge on any atom is -0.392 e. The van der Waals surface area contributed by atoms with Gasteiger partial charge in [-0.1, -0.05) is 26.0 Å². The summed E-state index contributed by atoms with van der Waals surface area (Å²) in [6.45, 7) is 6.21. The molecule has 4 rings (SSSR count). The Morgan fingerprint density at radius 2 is 1.85 bits per heavy atom. The molecule has 0 atom stereocenters. The highest BCUT2D eigenvalue weighted by Crippen LogP contribution is 2.22. The third-order valence-corrected chi connectivity index (χ3v) is 5.82. The lowest BCUT2D eigenvalue weighted by Crippen LogP contribution is -2.49. The summed E-state index contributed by atoms with van der Waals surface area (Å²) in [6, 6.07) is 8.79. The van der Waals surface area contributed by atoms with Crippen molar-refractivity contribution in [2.45, 2.75) is 33.5 Å². The van der Waals surface area contributed by atoms with E-state index in [2.05, 4.69) is 14.9 Å². The van der Waals surface area contributed by atoms with Gasteiger partial charge in [-0.3, -0.25) is 9.59 Å². The smallest absolute Gasteiger partial charge is 0.259 e. The van der Waals surface area contributed by atoms with Crippen molar-refractivity contribution in [3.63, 3.8) is 0 Å². The van der Waals surface area contributed by atoms with Crippen LogP contribution in [0.2, 0.25) is 0 Å². The lowest BCUT2D eigenvalue weighted by Gasteiger charge is -2.35. The van der Waals surface area contributed by atoms with Gasteiger partial charge in [0.2, 0.25) is 5.91 Å². The van der Waals surface area contributed by atoms with Gasteiger partial charge >= 0.3 is 0 Å². The van der Waals surface area contributed by atoms with Crippen molar-refractivity contribution < 1.29 is 15.0 Å². The number of hydrogen-bond acceptors (Lipinski definition) is 7. The quantitative estimate of drug-likeness (QED) is 0.521. The average molecular weight is 452 g/mol. The zero-order valence-corrected chi connectivity index (χ0v) is 18.9. The van der Waals surface area contributed by atoms with E-state index in [4.69, 9.17) is 4.98 Å². The summed E-state index contributed by atoms with van der Waals surface area (Å²) < 4.78 is 0. The molecule has 0 aliphatic carbocycles. The van der Waals surface area contributed by atoms with Crippen LogP contribution in [0.25, 0.3) is 22.4 Å². The van der Waals surface area contributed by atoms with Crippen LogP contribution in [0.1, 0.15) is 31.4 Å². The topological polar surface area (TPSA) is 123 Å². The second-order valence-corrected chi connectivity index (χ2v) is 8.73. The molecule has 9 nitrogen and oxygen atoms in total. The van der Waals surface area contributed by atoms with Crippen LogP contribution in [0.15, 0.2) is 35.1 Å². The number of carbonyl (C=O) groups excluding carboxylic acids is 1. The molecule has 0 saturated carbocycles. The first-order valence-corrected chi connectivity index (χ1v) is 11.2. The zero-order valence-electron chi connectivity index (χ0n) is 18.9. The monoisotopic (exact) mass is 451 g/mol. The lowest BCUT2D eigenvalue weighted by molar-refractivity contribution is -0.132. The standard InChI is InChI=1S/C24H29N5O4/c1-15(2)10-21(32)29-8-6-28(7-9-29)20-5-3-4-18(25-20)23-26-19-12-16(13-30)11-17(14-31)22(19)24(33)27-23/h3-5,11-12,15,30-31H,6-10,13-14H2,1-2H3,(H,26,27,33). The number of nitrogens with zero attached hydrogens (tertiary/aromatic N) is 4. The molecule has 0 radical (unpaired) electrons. The van der Waals surface area contributed by atoms with Crippen molar-refractivity contribution in [1.82, 2.24) is 19.9 Å². The molecule has 1 aliphatic rings. The highest BCUT2D eigenvalue weighted by atomic mass is 16.3. The molecule has 1 saturated heterocycles. The molecule has 1 fully saturated rings. The maximum absolute atomic E-state index is 12.8. The van der Waals surface area contributed by atoms with E-state index in [0.717, 1.165) is 5.82 Å². The summed E-state index contributed by atoms with van der Waals surface area (Å²) >= 11 is 0. The van der Waals surface area contributed by atoms with Gasteiger partial charge in [-0.25, -0.2) is 9.97 Å². The van der Waals surface area contributed by atoms with E-state index >= 15 is 0 Å². The molecule has 1 amide bonds. The number of anilines is 1. The van der Waals surface area contributed by atoms with Crippen LogP contribution < -0.4 is 10.5 Å². The van der Waals surface area contributed by atoms with Gasteiger partial charge in [-0.05, 0) is 35.2 Å². The van der Waals surface area contributed by atoms with E-state index in [-0.39, 0.29) is 24.7 Å². The van der Waals surface area contributed by atoms with Crippen molar-refractivity contribution >= 4 is 22.6 Å². The van der Waals surface area contributed by atoms with Crippen molar-refractivity contribution in [3.8, 4) is 11.5 Å². The first kappa shape index (κ1) is 22.9. The Morgan fingerprint density at radius 1 is 1.09 bits per heavy atom. The number of nitrogens with one attached hydrogen (secondary N) is 1. The molecular weight excluding hydrogens is 422 g/mol. The largest absolute Gasteiger partial charge is 0.392 e. The minimum atomic E-state index is -0.368. The number of rotatable bonds is 6. The van der Waals surface area contributed by atoms with Gasteiger partial charge in [0, 0.05) is 32.6 Å². The van der Waals surface area contributed by atoms with Gasteiger partial charge < -0.3 is 25.0 Å². The number of aliphatic hydroxyl groups is 2. The fourth-order valence-corrected chi connectivity index (χ4v) is 4.15. The minimum absolute atomic E-state index is 0.189. The molecule has 1 aliphatic heterocycles. The maximum atomic E-state index is 12.8. The van der Waals surface area contributed by atoms with Crippen LogP contribution in [-0.4, -0.2) is 62.2 Å². The van der Waals surface area contributed by atoms with Gasteiger partial charge in [0.1, 0.15) is 11.5 Å². The van der Waals surface area contributed by atoms with E-state index < -0.39 is 0 Å². The van der Waals surface area contributed by atoms with Gasteiger partial charge in [0.05, 0.1) is 24.1 Å². The number of carbonyl (C=O) groups is 1. The number of benzene rings is 1. The summed E-state index contributed by atoms with van der Waals surface area (Å²) in [5.74, 6) is 1.60. The number of amides is 1. The molecule has 3 aromatic rings. The molecule has 0 unspecified atom stereocenters. The Bertz CT molecular complexity index is 1220. The second-order valence-electron chi connectivity index (χ2n) is 8.73. The Labute approximate surface area is 191 Å². The highest BCUT2D eigenvalue weighted by molar-refractivity contribution is 5.83. The Kier molecular flexibility index (Phi) is 6.71. The van der Waals surface area contributed by atoms with Gasteiger partial charge in [0.15, 0.2) is 5.82 Å². The first-order valence-electron chi connectivity index (χ1n) is 11.2. The average Bonchev–Trinajstić information content (AvgIpc) is 2.82. The molecule has 0 spiro atoms. The maximum Gasteiger partial charge on any atom is 0.259 e. The number of piperazine rings is 1. The van der Waals surface area contributed by atoms with Crippen molar-refractivity contribution in [1.29, 1.82) is 0 Å². The summed E-state index contributed by atoms with van der Waals surface area (Å²) in [5, 5.41) is 19.5. The highest BCUT2D eigenvalue weighted by Gasteiger charge is 2.22. The summed E-state index contributed by atoms with van der Waals surface area (Å²) in [5.41, 5.74) is 1.54. The number of hydrogen-bond donors (Lipinski definition) is 3. The Hall–Kier alpha value is -3.30. The molecule has 2 aromatic heterocycles. The fourth-order valence-electron chi connectivity index (χ4n) is 4.15. The Balaban J connectivity index is 1.60. The summed E-state index contributed by atoms with van der Waals surface area (Å²) in [4.78, 5) is 41.2. The number of aromatic amines is 1. The molecular formula is C24H29N5O4. The number of H-pyrrole nitrogens is 1. The molecule has 9 heteroatoms. The third-order valence-electron chi connectivity index (χ3n) is 5.82. The van der Waals surface area contributed by atoms with E-state index in [9.17, 15) is 19.8 Å². The third kappa shape index (κ3) is 4.89. The molecule has 3 heterocycles. The van der Waals surface area contributed by atoms with Gasteiger partial charge in [0.25, 0.3) is 5.56 Å². The molecule has 3 N–H and O–H groups in total. The number of aliphatic hydroxyl groups excluding tert-OH is 2. The zero-order chi connectivity index (χ0) is 23.5. The molecule has 33 heavy (non-hydrogen) atoms. The van der Waals surface area contributed by atoms with Crippen LogP contribution in [0, 0.1) is 5.92 Å². The van der Waals surface area contributed by atoms with Crippen LogP contribution in [0.3, 0.4) is 0 Å². The Morgan fingerprint density at radius 3 is 2.52 bits per heavy atom. The summed E-state index contributed by atoms with van der Waals surface area (Å²) in [6.07, 6.45) is 0.560. The first-order chi connectivity index (χ1) is 15.9. The van der Waals surface area contributed by atoms with Crippen LogP contribution in [0.4, 0.5) is 5.82 Å².